The van der Waals surface area contributed by atoms with Gasteiger partial charge in [-0.05, 0) is 30.3 Å². The fraction of sp³-hybridized carbons (Fsp3) is 0.100. The maximum Gasteiger partial charge on any atom is 0.222 e. The number of H-pyrrole nitrogens is 1. The highest BCUT2D eigenvalue weighted by Crippen LogP contribution is 2.42. The summed E-state index contributed by atoms with van der Waals surface area (Å²) in [5.74, 6) is 1.65. The van der Waals surface area contributed by atoms with Crippen LogP contribution < -0.4 is 10.1 Å². The van der Waals surface area contributed by atoms with Gasteiger partial charge >= 0.3 is 0 Å². The monoisotopic (exact) mass is 425 g/mol. The topological polar surface area (TPSA) is 92.8 Å². The summed E-state index contributed by atoms with van der Waals surface area (Å²) in [7, 11) is 1.59. The van der Waals surface area contributed by atoms with Crippen LogP contribution in [0.25, 0.3) is 32.5 Å². The van der Waals surface area contributed by atoms with Gasteiger partial charge in [-0.2, -0.15) is 0 Å². The van der Waals surface area contributed by atoms with Gasteiger partial charge in [0.1, 0.15) is 22.4 Å². The number of benzene rings is 1. The number of amides is 1. The number of methoxy groups -OCH3 is 1. The van der Waals surface area contributed by atoms with E-state index in [2.05, 4.69) is 20.3 Å². The van der Waals surface area contributed by atoms with E-state index in [1.54, 1.807) is 37.8 Å². The largest absolute Gasteiger partial charge is 0.497 e. The lowest BCUT2D eigenvalue weighted by molar-refractivity contribution is -0.114. The van der Waals surface area contributed by atoms with E-state index in [0.717, 1.165) is 21.0 Å². The molecule has 2 N–H and O–H groups in total. The number of carbonyl (C=O) groups excluding carboxylic acids is 1. The summed E-state index contributed by atoms with van der Waals surface area (Å²) in [6.45, 7) is 1.44. The normalized spacial score (nSPS) is 10.7. The van der Waals surface area contributed by atoms with Crippen molar-refractivity contribution < 1.29 is 9.53 Å². The van der Waals surface area contributed by atoms with Gasteiger partial charge in [0.2, 0.25) is 5.91 Å². The quantitative estimate of drug-likeness (QED) is 0.475. The van der Waals surface area contributed by atoms with Crippen LogP contribution >= 0.6 is 22.9 Å². The van der Waals surface area contributed by atoms with E-state index in [1.807, 2.05) is 18.2 Å². The van der Waals surface area contributed by atoms with E-state index in [1.165, 1.54) is 18.3 Å². The number of hydrogen-bond acceptors (Lipinski definition) is 6. The molecule has 0 aliphatic carbocycles. The number of pyridine rings is 1. The lowest BCUT2D eigenvalue weighted by Gasteiger charge is -2.06. The minimum atomic E-state index is -0.184. The Balaban J connectivity index is 1.84. The van der Waals surface area contributed by atoms with Gasteiger partial charge in [-0.1, -0.05) is 11.6 Å². The van der Waals surface area contributed by atoms with Gasteiger partial charge in [0.25, 0.3) is 0 Å². The molecule has 0 spiro atoms. The first-order valence-corrected chi connectivity index (χ1v) is 9.83. The fourth-order valence-electron chi connectivity index (χ4n) is 2.80. The van der Waals surface area contributed by atoms with Crippen molar-refractivity contribution in [3.8, 4) is 38.3 Å². The van der Waals surface area contributed by atoms with Crippen LogP contribution in [-0.2, 0) is 4.79 Å². The molecule has 4 rings (SSSR count). The lowest BCUT2D eigenvalue weighted by Crippen LogP contribution is -2.07. The molecule has 0 aliphatic rings. The summed E-state index contributed by atoms with van der Waals surface area (Å²) >= 11 is 7.99. The molecule has 146 valence electrons. The van der Waals surface area contributed by atoms with E-state index in [4.69, 9.17) is 21.3 Å². The van der Waals surface area contributed by atoms with E-state index in [0.29, 0.717) is 28.1 Å². The minimum Gasteiger partial charge on any atom is -0.497 e. The van der Waals surface area contributed by atoms with Gasteiger partial charge in [0, 0.05) is 36.6 Å². The Labute approximate surface area is 175 Å². The van der Waals surface area contributed by atoms with Gasteiger partial charge < -0.3 is 15.0 Å². The molecule has 0 aliphatic heterocycles. The minimum absolute atomic E-state index is 0.184. The van der Waals surface area contributed by atoms with E-state index >= 15 is 0 Å². The molecule has 4 aromatic rings. The highest BCUT2D eigenvalue weighted by Gasteiger charge is 2.20. The molecule has 1 aromatic carbocycles. The number of halogens is 1. The molecule has 0 bridgehead atoms. The molecular weight excluding hydrogens is 410 g/mol. The Hall–Kier alpha value is -3.23. The number of anilines is 1. The van der Waals surface area contributed by atoms with Crippen molar-refractivity contribution in [1.82, 2.24) is 19.9 Å². The van der Waals surface area contributed by atoms with Crippen LogP contribution in [0, 0.1) is 0 Å². The first-order chi connectivity index (χ1) is 14.0. The number of rotatable bonds is 5. The van der Waals surface area contributed by atoms with Crippen molar-refractivity contribution in [2.45, 2.75) is 6.92 Å². The van der Waals surface area contributed by atoms with Crippen LogP contribution in [-0.4, -0.2) is 33.0 Å². The summed E-state index contributed by atoms with van der Waals surface area (Å²) in [5, 5.41) is 3.98. The van der Waals surface area contributed by atoms with Crippen molar-refractivity contribution in [2.75, 3.05) is 12.4 Å². The number of carbonyl (C=O) groups is 1. The average molecular weight is 426 g/mol. The maximum atomic E-state index is 11.3. The van der Waals surface area contributed by atoms with Crippen molar-refractivity contribution in [1.29, 1.82) is 0 Å². The van der Waals surface area contributed by atoms with Gasteiger partial charge in [-0.25, -0.2) is 15.0 Å². The Morgan fingerprint density at radius 3 is 2.76 bits per heavy atom. The molecule has 0 atom stereocenters. The Morgan fingerprint density at radius 2 is 2.07 bits per heavy atom. The number of aromatic amines is 1. The Morgan fingerprint density at radius 1 is 1.21 bits per heavy atom. The van der Waals surface area contributed by atoms with Crippen molar-refractivity contribution in [3.63, 3.8) is 0 Å². The molecule has 3 aromatic heterocycles. The average Bonchev–Trinajstić information content (AvgIpc) is 3.37. The van der Waals surface area contributed by atoms with Gasteiger partial charge in [-0.15, -0.1) is 11.3 Å². The van der Waals surface area contributed by atoms with Crippen LogP contribution in [0.2, 0.25) is 5.02 Å². The highest BCUT2D eigenvalue weighted by atomic mass is 35.5. The van der Waals surface area contributed by atoms with Crippen LogP contribution in [0.5, 0.6) is 5.75 Å². The van der Waals surface area contributed by atoms with Crippen LogP contribution in [0.15, 0.2) is 48.9 Å². The Kier molecular flexibility index (Phi) is 5.28. The standard InChI is InChI=1S/C20H16ClN5O2S/c1-11(27)25-16-9-12(5-6-22-16)20-26-17(18(29-20)19-23-7-8-24-19)14-4-3-13(28-2)10-15(14)21/h3-10H,1-2H3,(H,23,24)(H,22,25,27). The molecule has 3 heterocycles. The number of imidazole rings is 1. The molecule has 0 saturated carbocycles. The second kappa shape index (κ2) is 8.02. The van der Waals surface area contributed by atoms with Gasteiger partial charge in [0.05, 0.1) is 22.7 Å². The van der Waals surface area contributed by atoms with E-state index < -0.39 is 0 Å². The van der Waals surface area contributed by atoms with Gasteiger partial charge in [-0.3, -0.25) is 4.79 Å². The lowest BCUT2D eigenvalue weighted by atomic mass is 10.1. The number of nitrogens with one attached hydrogen (secondary N) is 2. The first kappa shape index (κ1) is 19.1. The third kappa shape index (κ3) is 3.98. The highest BCUT2D eigenvalue weighted by molar-refractivity contribution is 7.18. The van der Waals surface area contributed by atoms with Crippen molar-refractivity contribution in [2.24, 2.45) is 0 Å². The second-order valence-corrected chi connectivity index (χ2v) is 7.50. The molecule has 0 saturated heterocycles. The van der Waals surface area contributed by atoms with Crippen LogP contribution in [0.4, 0.5) is 5.82 Å². The summed E-state index contributed by atoms with van der Waals surface area (Å²) in [4.78, 5) is 28.7. The van der Waals surface area contributed by atoms with Crippen LogP contribution in [0.3, 0.4) is 0 Å². The van der Waals surface area contributed by atoms with Crippen molar-refractivity contribution in [3.05, 3.63) is 53.9 Å². The number of aromatic nitrogens is 4. The molecule has 9 heteroatoms. The zero-order chi connectivity index (χ0) is 20.4. The molecule has 1 amide bonds. The van der Waals surface area contributed by atoms with Gasteiger partial charge in [0.15, 0.2) is 0 Å². The zero-order valence-corrected chi connectivity index (χ0v) is 17.1. The number of hydrogen-bond donors (Lipinski definition) is 2. The molecule has 7 nitrogen and oxygen atoms in total. The van der Waals surface area contributed by atoms with E-state index in [-0.39, 0.29) is 5.91 Å². The summed E-state index contributed by atoms with van der Waals surface area (Å²) in [5.41, 5.74) is 2.32. The number of ether oxygens (including phenoxy) is 1. The predicted octanol–water partition coefficient (Wildman–Crippen LogP) is 4.88. The molecule has 0 radical (unpaired) electrons. The molecular formula is C20H16ClN5O2S. The SMILES string of the molecule is COc1ccc(-c2nc(-c3ccnc(NC(C)=O)c3)sc2-c2ncc[nH]2)c(Cl)c1. The van der Waals surface area contributed by atoms with Crippen LogP contribution in [0.1, 0.15) is 6.92 Å². The maximum absolute atomic E-state index is 11.3. The third-order valence-electron chi connectivity index (χ3n) is 4.08. The fourth-order valence-corrected chi connectivity index (χ4v) is 4.10. The summed E-state index contributed by atoms with van der Waals surface area (Å²) < 4.78 is 5.25. The third-order valence-corrected chi connectivity index (χ3v) is 5.51. The first-order valence-electron chi connectivity index (χ1n) is 8.63. The zero-order valence-electron chi connectivity index (χ0n) is 15.6. The summed E-state index contributed by atoms with van der Waals surface area (Å²) in [6.07, 6.45) is 5.08. The second-order valence-electron chi connectivity index (χ2n) is 6.09. The smallest absolute Gasteiger partial charge is 0.222 e. The molecule has 0 fully saturated rings. The summed E-state index contributed by atoms with van der Waals surface area (Å²) in [6, 6.07) is 9.10. The number of thiazole rings is 1. The molecule has 29 heavy (non-hydrogen) atoms. The predicted molar refractivity (Wildman–Crippen MR) is 114 cm³/mol. The van der Waals surface area contributed by atoms with E-state index in [9.17, 15) is 4.79 Å². The van der Waals surface area contributed by atoms with Crippen molar-refractivity contribution >= 4 is 34.7 Å². The Bertz CT molecular complexity index is 1170. The molecule has 0 unspecified atom stereocenters. The number of nitrogens with zero attached hydrogens (tertiary/aromatic N) is 3.